The lowest BCUT2D eigenvalue weighted by Crippen LogP contribution is -2.44. The molecule has 1 atom stereocenters. The first kappa shape index (κ1) is 13.6. The van der Waals surface area contributed by atoms with Crippen molar-refractivity contribution >= 4 is 0 Å². The van der Waals surface area contributed by atoms with Gasteiger partial charge in [-0.2, -0.15) is 0 Å². The molecule has 0 aromatic carbocycles. The maximum absolute atomic E-state index is 9.93. The summed E-state index contributed by atoms with van der Waals surface area (Å²) in [4.78, 5) is 4.36. The summed E-state index contributed by atoms with van der Waals surface area (Å²) in [6, 6.07) is 0. The Labute approximate surface area is 98.5 Å². The Morgan fingerprint density at radius 3 is 2.69 bits per heavy atom. The zero-order chi connectivity index (χ0) is 12.0. The Morgan fingerprint density at radius 2 is 2.12 bits per heavy atom. The predicted octanol–water partition coefficient (Wildman–Crippen LogP) is 0.187. The van der Waals surface area contributed by atoms with E-state index in [2.05, 4.69) is 16.4 Å². The second kappa shape index (κ2) is 7.01. The van der Waals surface area contributed by atoms with Gasteiger partial charge in [-0.15, -0.1) is 0 Å². The molecule has 1 rings (SSSR count). The fourth-order valence-electron chi connectivity index (χ4n) is 2.02. The van der Waals surface area contributed by atoms with E-state index in [0.717, 1.165) is 45.0 Å². The number of ether oxygens (including phenoxy) is 1. The fourth-order valence-corrected chi connectivity index (χ4v) is 2.02. The third kappa shape index (κ3) is 5.61. The maximum atomic E-state index is 9.93. The Kier molecular flexibility index (Phi) is 5.98. The molecule has 1 aliphatic heterocycles. The van der Waals surface area contributed by atoms with E-state index in [0.29, 0.717) is 6.54 Å². The Hall–Kier alpha value is -0.420. The monoisotopic (exact) mass is 228 g/mol. The van der Waals surface area contributed by atoms with E-state index in [1.165, 1.54) is 0 Å². The Morgan fingerprint density at radius 1 is 1.50 bits per heavy atom. The summed E-state index contributed by atoms with van der Waals surface area (Å²) in [5, 5.41) is 9.93. The molecule has 0 aromatic rings. The van der Waals surface area contributed by atoms with Crippen LogP contribution in [-0.2, 0) is 4.74 Å². The van der Waals surface area contributed by atoms with Crippen LogP contribution in [-0.4, -0.2) is 74.0 Å². The molecule has 0 amide bonds. The van der Waals surface area contributed by atoms with Gasteiger partial charge < -0.3 is 9.84 Å². The summed E-state index contributed by atoms with van der Waals surface area (Å²) in [7, 11) is 2.01. The van der Waals surface area contributed by atoms with Gasteiger partial charge in [0.15, 0.2) is 0 Å². The van der Waals surface area contributed by atoms with Crippen LogP contribution >= 0.6 is 0 Å². The van der Waals surface area contributed by atoms with Crippen LogP contribution in [0.1, 0.15) is 6.92 Å². The highest BCUT2D eigenvalue weighted by molar-refractivity contribution is 4.91. The zero-order valence-electron chi connectivity index (χ0n) is 10.5. The minimum absolute atomic E-state index is 0.289. The second-order valence-corrected chi connectivity index (χ2v) is 4.72. The van der Waals surface area contributed by atoms with Gasteiger partial charge in [0.2, 0.25) is 0 Å². The first-order valence-corrected chi connectivity index (χ1v) is 5.89. The van der Waals surface area contributed by atoms with Crippen molar-refractivity contribution in [2.75, 3.05) is 53.0 Å². The van der Waals surface area contributed by atoms with Crippen LogP contribution in [0.2, 0.25) is 0 Å². The van der Waals surface area contributed by atoms with E-state index >= 15 is 0 Å². The number of hydrogen-bond acceptors (Lipinski definition) is 4. The normalized spacial score (nSPS) is 20.0. The van der Waals surface area contributed by atoms with Crippen LogP contribution in [0.4, 0.5) is 0 Å². The molecule has 4 nitrogen and oxygen atoms in total. The number of morpholine rings is 1. The quantitative estimate of drug-likeness (QED) is 0.658. The molecule has 1 unspecified atom stereocenters. The molecule has 1 aliphatic rings. The number of likely N-dealkylation sites (N-methyl/N-ethyl adjacent to an activating group) is 1. The molecule has 94 valence electrons. The Balaban J connectivity index is 2.18. The third-order valence-corrected chi connectivity index (χ3v) is 2.63. The van der Waals surface area contributed by atoms with Gasteiger partial charge in [0.05, 0.1) is 19.3 Å². The van der Waals surface area contributed by atoms with E-state index in [1.54, 1.807) is 0 Å². The van der Waals surface area contributed by atoms with E-state index in [9.17, 15) is 5.11 Å². The molecule has 0 aliphatic carbocycles. The summed E-state index contributed by atoms with van der Waals surface area (Å²) >= 11 is 0. The van der Waals surface area contributed by atoms with Crippen LogP contribution in [0.5, 0.6) is 0 Å². The van der Waals surface area contributed by atoms with Crippen molar-refractivity contribution in [3.8, 4) is 0 Å². The lowest BCUT2D eigenvalue weighted by atomic mass is 10.2. The minimum atomic E-state index is -0.289. The van der Waals surface area contributed by atoms with Crippen LogP contribution in [0.15, 0.2) is 12.2 Å². The molecular formula is C12H24N2O2. The molecule has 1 heterocycles. The van der Waals surface area contributed by atoms with Crippen LogP contribution in [0.3, 0.4) is 0 Å². The highest BCUT2D eigenvalue weighted by Crippen LogP contribution is 2.01. The fraction of sp³-hybridized carbons (Fsp3) is 0.833. The van der Waals surface area contributed by atoms with Crippen molar-refractivity contribution < 1.29 is 9.84 Å². The first-order valence-electron chi connectivity index (χ1n) is 5.89. The number of aliphatic hydroxyl groups excluding tert-OH is 1. The van der Waals surface area contributed by atoms with E-state index < -0.39 is 0 Å². The molecule has 16 heavy (non-hydrogen) atoms. The standard InChI is InChI=1S/C12H24N2O2/c1-11(2)8-13(3)9-12(15)10-14-4-6-16-7-5-14/h12,15H,1,4-10H2,2-3H3. The highest BCUT2D eigenvalue weighted by Gasteiger charge is 2.15. The average Bonchev–Trinajstić information content (AvgIpc) is 2.17. The van der Waals surface area contributed by atoms with Crippen molar-refractivity contribution in [1.82, 2.24) is 9.80 Å². The number of β-amino-alcohol motifs (C(OH)–C–C–N with tert-alkyl or cyclic N) is 1. The molecule has 0 radical (unpaired) electrons. The number of aliphatic hydroxyl groups is 1. The van der Waals surface area contributed by atoms with Gasteiger partial charge in [-0.1, -0.05) is 12.2 Å². The highest BCUT2D eigenvalue weighted by atomic mass is 16.5. The first-order chi connectivity index (χ1) is 7.58. The summed E-state index contributed by atoms with van der Waals surface area (Å²) in [6.07, 6.45) is -0.289. The lowest BCUT2D eigenvalue weighted by molar-refractivity contribution is 0.00924. The summed E-state index contributed by atoms with van der Waals surface area (Å²) in [5.41, 5.74) is 1.13. The van der Waals surface area contributed by atoms with Gasteiger partial charge in [0.1, 0.15) is 0 Å². The van der Waals surface area contributed by atoms with Crippen molar-refractivity contribution in [3.05, 3.63) is 12.2 Å². The van der Waals surface area contributed by atoms with Crippen molar-refractivity contribution in [2.45, 2.75) is 13.0 Å². The lowest BCUT2D eigenvalue weighted by Gasteiger charge is -2.30. The molecular weight excluding hydrogens is 204 g/mol. The molecule has 0 bridgehead atoms. The maximum Gasteiger partial charge on any atom is 0.0793 e. The topological polar surface area (TPSA) is 35.9 Å². The summed E-state index contributed by atoms with van der Waals surface area (Å²) < 4.78 is 5.27. The number of rotatable bonds is 6. The molecule has 0 saturated carbocycles. The largest absolute Gasteiger partial charge is 0.390 e. The van der Waals surface area contributed by atoms with Gasteiger partial charge in [-0.3, -0.25) is 9.80 Å². The summed E-state index contributed by atoms with van der Waals surface area (Å²) in [5.74, 6) is 0. The van der Waals surface area contributed by atoms with Crippen molar-refractivity contribution in [2.24, 2.45) is 0 Å². The van der Waals surface area contributed by atoms with Crippen molar-refractivity contribution in [3.63, 3.8) is 0 Å². The van der Waals surface area contributed by atoms with Crippen LogP contribution in [0, 0.1) is 0 Å². The third-order valence-electron chi connectivity index (χ3n) is 2.63. The van der Waals surface area contributed by atoms with E-state index in [-0.39, 0.29) is 6.10 Å². The molecule has 0 aromatic heterocycles. The smallest absolute Gasteiger partial charge is 0.0793 e. The average molecular weight is 228 g/mol. The molecule has 1 N–H and O–H groups in total. The Bertz CT molecular complexity index is 215. The summed E-state index contributed by atoms with van der Waals surface area (Å²) in [6.45, 7) is 11.6. The minimum Gasteiger partial charge on any atom is -0.390 e. The molecule has 0 spiro atoms. The van der Waals surface area contributed by atoms with E-state index in [4.69, 9.17) is 4.74 Å². The van der Waals surface area contributed by atoms with Crippen LogP contribution in [0.25, 0.3) is 0 Å². The predicted molar refractivity (Wildman–Crippen MR) is 65.6 cm³/mol. The van der Waals surface area contributed by atoms with Gasteiger partial charge in [-0.25, -0.2) is 0 Å². The van der Waals surface area contributed by atoms with Gasteiger partial charge in [0, 0.05) is 32.7 Å². The van der Waals surface area contributed by atoms with Gasteiger partial charge >= 0.3 is 0 Å². The van der Waals surface area contributed by atoms with E-state index in [1.807, 2.05) is 14.0 Å². The molecule has 1 fully saturated rings. The van der Waals surface area contributed by atoms with Gasteiger partial charge in [0.25, 0.3) is 0 Å². The zero-order valence-corrected chi connectivity index (χ0v) is 10.5. The van der Waals surface area contributed by atoms with Gasteiger partial charge in [-0.05, 0) is 14.0 Å². The van der Waals surface area contributed by atoms with Crippen LogP contribution < -0.4 is 0 Å². The number of nitrogens with zero attached hydrogens (tertiary/aromatic N) is 2. The molecule has 4 heteroatoms. The molecule has 1 saturated heterocycles. The number of hydrogen-bond donors (Lipinski definition) is 1. The SMILES string of the molecule is C=C(C)CN(C)CC(O)CN1CCOCC1. The second-order valence-electron chi connectivity index (χ2n) is 4.72. The van der Waals surface area contributed by atoms with Crippen molar-refractivity contribution in [1.29, 1.82) is 0 Å².